The van der Waals surface area contributed by atoms with Crippen LogP contribution in [0.4, 0.5) is 0 Å². The van der Waals surface area contributed by atoms with Gasteiger partial charge in [0.15, 0.2) is 5.17 Å². The summed E-state index contributed by atoms with van der Waals surface area (Å²) in [6, 6.07) is 8.31. The van der Waals surface area contributed by atoms with Gasteiger partial charge in [0.05, 0.1) is 19.6 Å². The Morgan fingerprint density at radius 1 is 1.30 bits per heavy atom. The maximum absolute atomic E-state index is 10.8. The first-order valence-electron chi connectivity index (χ1n) is 9.81. The fraction of sp³-hybridized carbons (Fsp3) is 0.364. The summed E-state index contributed by atoms with van der Waals surface area (Å²) in [7, 11) is 1.54. The molecule has 0 saturated carbocycles. The third-order valence-corrected chi connectivity index (χ3v) is 5.25. The second kappa shape index (κ2) is 11.5. The van der Waals surface area contributed by atoms with Crippen LogP contribution in [0.15, 0.2) is 39.2 Å². The number of rotatable bonds is 4. The molecule has 1 aliphatic rings. The molecular formula is C22H28N4O3S. The largest absolute Gasteiger partial charge is 0.481 e. The van der Waals surface area contributed by atoms with Crippen molar-refractivity contribution < 1.29 is 14.6 Å². The number of aliphatic carboxylic acids is 1. The predicted octanol–water partition coefficient (Wildman–Crippen LogP) is 4.13. The zero-order chi connectivity index (χ0) is 22.1. The average Bonchev–Trinajstić information content (AvgIpc) is 2.74. The number of nitrogens with zero attached hydrogens (tertiary/aromatic N) is 3. The summed E-state index contributed by atoms with van der Waals surface area (Å²) in [6.07, 6.45) is 1.78. The van der Waals surface area contributed by atoms with Crippen molar-refractivity contribution in [3.8, 4) is 0 Å². The average molecular weight is 429 g/mol. The van der Waals surface area contributed by atoms with Gasteiger partial charge in [-0.25, -0.2) is 4.99 Å². The van der Waals surface area contributed by atoms with Crippen molar-refractivity contribution >= 4 is 45.8 Å². The highest BCUT2D eigenvalue weighted by Gasteiger charge is 2.16. The van der Waals surface area contributed by atoms with E-state index in [1.165, 1.54) is 28.3 Å². The second-order valence-corrected chi connectivity index (χ2v) is 7.39. The molecule has 0 saturated heterocycles. The zero-order valence-corrected chi connectivity index (χ0v) is 18.6. The van der Waals surface area contributed by atoms with Gasteiger partial charge in [-0.1, -0.05) is 49.9 Å². The third kappa shape index (κ3) is 5.90. The molecule has 0 unspecified atom stereocenters. The molecule has 0 fully saturated rings. The maximum atomic E-state index is 10.8. The molecule has 0 bridgehead atoms. The van der Waals surface area contributed by atoms with E-state index >= 15 is 0 Å². The summed E-state index contributed by atoms with van der Waals surface area (Å²) in [5.41, 5.74) is 10.1. The summed E-state index contributed by atoms with van der Waals surface area (Å²) in [4.78, 5) is 23.3. The molecule has 0 amide bonds. The van der Waals surface area contributed by atoms with Crippen molar-refractivity contribution in [2.75, 3.05) is 12.8 Å². The van der Waals surface area contributed by atoms with Crippen LogP contribution in [0.5, 0.6) is 0 Å². The van der Waals surface area contributed by atoms with Gasteiger partial charge in [0.25, 0.3) is 0 Å². The number of amidine groups is 1. The van der Waals surface area contributed by atoms with Gasteiger partial charge in [-0.05, 0) is 34.4 Å². The van der Waals surface area contributed by atoms with Crippen LogP contribution in [0.2, 0.25) is 0 Å². The lowest BCUT2D eigenvalue weighted by Crippen LogP contribution is -2.11. The number of aryl methyl sites for hydroxylation is 1. The topological polar surface area (TPSA) is 110 Å². The molecular weight excluding hydrogens is 400 g/mol. The highest BCUT2D eigenvalue weighted by Crippen LogP contribution is 2.32. The number of aliphatic imine (C=N–C) groups is 3. The van der Waals surface area contributed by atoms with Crippen LogP contribution in [-0.2, 0) is 22.7 Å². The molecule has 0 radical (unpaired) electrons. The van der Waals surface area contributed by atoms with Gasteiger partial charge >= 0.3 is 5.97 Å². The number of guanidine groups is 1. The lowest BCUT2D eigenvalue weighted by atomic mass is 9.92. The van der Waals surface area contributed by atoms with Crippen LogP contribution < -0.4 is 5.73 Å². The molecule has 8 heteroatoms. The first-order chi connectivity index (χ1) is 14.5. The number of hydrogen-bond donors (Lipinski definition) is 2. The quantitative estimate of drug-likeness (QED) is 0.562. The number of carboxylic acids is 1. The summed E-state index contributed by atoms with van der Waals surface area (Å²) < 4.78 is 5.67. The molecule has 2 aromatic rings. The van der Waals surface area contributed by atoms with Crippen molar-refractivity contribution in [3.63, 3.8) is 0 Å². The fourth-order valence-corrected chi connectivity index (χ4v) is 3.84. The second-order valence-electron chi connectivity index (χ2n) is 6.33. The zero-order valence-electron chi connectivity index (χ0n) is 17.8. The Labute approximate surface area is 181 Å². The van der Waals surface area contributed by atoms with E-state index in [1.54, 1.807) is 13.3 Å². The Bertz CT molecular complexity index is 1000. The highest BCUT2D eigenvalue weighted by atomic mass is 32.2. The van der Waals surface area contributed by atoms with Crippen LogP contribution in [0.25, 0.3) is 10.8 Å². The van der Waals surface area contributed by atoms with Crippen molar-refractivity contribution in [1.82, 2.24) is 0 Å². The van der Waals surface area contributed by atoms with Gasteiger partial charge in [0.2, 0.25) is 5.96 Å². The first-order valence-corrected chi connectivity index (χ1v) is 10.8. The van der Waals surface area contributed by atoms with E-state index in [1.807, 2.05) is 26.8 Å². The molecule has 3 rings (SSSR count). The van der Waals surface area contributed by atoms with Crippen LogP contribution in [0.1, 0.15) is 42.5 Å². The summed E-state index contributed by atoms with van der Waals surface area (Å²) in [5, 5.41) is 11.6. The Morgan fingerprint density at radius 2 is 2.03 bits per heavy atom. The number of hydrogen-bond acceptors (Lipinski definition) is 4. The van der Waals surface area contributed by atoms with Gasteiger partial charge in [-0.2, -0.15) is 4.99 Å². The third-order valence-electron chi connectivity index (χ3n) is 4.38. The van der Waals surface area contributed by atoms with E-state index in [0.29, 0.717) is 24.1 Å². The molecule has 0 atom stereocenters. The Balaban J connectivity index is 0.00000155. The minimum absolute atomic E-state index is 0.0163. The lowest BCUT2D eigenvalue weighted by molar-refractivity contribution is -0.136. The number of thioether (sulfide) groups is 1. The normalized spacial score (nSPS) is 14.0. The van der Waals surface area contributed by atoms with Gasteiger partial charge < -0.3 is 15.6 Å². The molecule has 1 aliphatic heterocycles. The standard InChI is InChI=1S/C20H22N4O3S.C2H6/c1-12-8-14-11-27-10-13-4-3-5-15(18(13)14)16(12)9-23-20(24-19(21)22-2)28-7-6-17(25)26;1-2/h3-5,8-9H,6-7,10-11H2,1-2H3,(H2,21,22)(H,25,26);1-2H3/b23-9+,24-20+;. The molecule has 0 aromatic heterocycles. The number of ether oxygens (including phenoxy) is 1. The minimum Gasteiger partial charge on any atom is -0.481 e. The van der Waals surface area contributed by atoms with Gasteiger partial charge in [0.1, 0.15) is 0 Å². The fourth-order valence-electron chi connectivity index (χ4n) is 3.10. The number of benzene rings is 2. The van der Waals surface area contributed by atoms with Crippen molar-refractivity contribution in [2.24, 2.45) is 20.7 Å². The van der Waals surface area contributed by atoms with E-state index in [4.69, 9.17) is 15.6 Å². The van der Waals surface area contributed by atoms with Crippen molar-refractivity contribution in [1.29, 1.82) is 0 Å². The smallest absolute Gasteiger partial charge is 0.304 e. The molecule has 2 aromatic carbocycles. The minimum atomic E-state index is -0.866. The van der Waals surface area contributed by atoms with E-state index in [0.717, 1.165) is 16.5 Å². The molecule has 3 N–H and O–H groups in total. The van der Waals surface area contributed by atoms with Crippen molar-refractivity contribution in [2.45, 2.75) is 40.4 Å². The lowest BCUT2D eigenvalue weighted by Gasteiger charge is -2.20. The molecule has 7 nitrogen and oxygen atoms in total. The van der Waals surface area contributed by atoms with Gasteiger partial charge in [-0.15, -0.1) is 0 Å². The Hall–Kier alpha value is -2.71. The van der Waals surface area contributed by atoms with Crippen LogP contribution >= 0.6 is 11.8 Å². The molecule has 1 heterocycles. The van der Waals surface area contributed by atoms with E-state index in [-0.39, 0.29) is 12.4 Å². The molecule has 30 heavy (non-hydrogen) atoms. The SMILES string of the molecule is CC.CN=C(N)/N=C(\N=C\c1c(C)cc2c3c(cccc13)COC2)SCCC(=O)O. The molecule has 0 aliphatic carbocycles. The summed E-state index contributed by atoms with van der Waals surface area (Å²) in [6.45, 7) is 7.24. The van der Waals surface area contributed by atoms with E-state index < -0.39 is 5.97 Å². The maximum Gasteiger partial charge on any atom is 0.304 e. The predicted molar refractivity (Wildman–Crippen MR) is 126 cm³/mol. The van der Waals surface area contributed by atoms with E-state index in [9.17, 15) is 4.79 Å². The van der Waals surface area contributed by atoms with E-state index in [2.05, 4.69) is 33.2 Å². The van der Waals surface area contributed by atoms with Crippen LogP contribution in [-0.4, -0.2) is 41.2 Å². The number of nitrogens with two attached hydrogens (primary N) is 1. The van der Waals surface area contributed by atoms with Crippen LogP contribution in [0, 0.1) is 6.92 Å². The van der Waals surface area contributed by atoms with Crippen LogP contribution in [0.3, 0.4) is 0 Å². The first kappa shape index (κ1) is 23.6. The number of carboxylic acid groups (broad SMARTS) is 1. The van der Waals surface area contributed by atoms with Gasteiger partial charge in [-0.3, -0.25) is 9.79 Å². The van der Waals surface area contributed by atoms with Gasteiger partial charge in [0, 0.05) is 24.6 Å². The monoisotopic (exact) mass is 428 g/mol. The molecule has 160 valence electrons. The highest BCUT2D eigenvalue weighted by molar-refractivity contribution is 8.13. The Morgan fingerprint density at radius 3 is 2.73 bits per heavy atom. The van der Waals surface area contributed by atoms with Crippen molar-refractivity contribution in [3.05, 3.63) is 46.5 Å². The Kier molecular flexibility index (Phi) is 9.01. The summed E-state index contributed by atoms with van der Waals surface area (Å²) >= 11 is 1.24. The molecule has 0 spiro atoms. The number of carbonyl (C=O) groups is 1. The summed E-state index contributed by atoms with van der Waals surface area (Å²) in [5.74, 6) is -0.418.